The van der Waals surface area contributed by atoms with Crippen LogP contribution in [0.25, 0.3) is 0 Å². The Hall–Kier alpha value is -1.36. The van der Waals surface area contributed by atoms with Crippen LogP contribution in [0.1, 0.15) is 47.8 Å². The average Bonchev–Trinajstić information content (AvgIpc) is 3.17. The molecular weight excluding hydrogens is 264 g/mol. The maximum atomic E-state index is 12.7. The van der Waals surface area contributed by atoms with E-state index in [2.05, 4.69) is 10.4 Å². The monoisotopic (exact) mass is 288 g/mol. The van der Waals surface area contributed by atoms with Gasteiger partial charge in [-0.2, -0.15) is 5.10 Å². The summed E-state index contributed by atoms with van der Waals surface area (Å²) in [6.07, 6.45) is 4.75. The van der Waals surface area contributed by atoms with Gasteiger partial charge in [0, 0.05) is 31.7 Å². The summed E-state index contributed by atoms with van der Waals surface area (Å²) in [7, 11) is 1.96. The Morgan fingerprint density at radius 1 is 1.19 bits per heavy atom. The number of likely N-dealkylation sites (tertiary alicyclic amines) is 1. The maximum absolute atomic E-state index is 12.7. The fraction of sp³-hybridized carbons (Fsp3) is 0.750. The van der Waals surface area contributed by atoms with Crippen molar-refractivity contribution in [1.82, 2.24) is 20.0 Å². The first kappa shape index (κ1) is 13.3. The second-order valence-corrected chi connectivity index (χ2v) is 6.90. The zero-order valence-electron chi connectivity index (χ0n) is 12.7. The van der Waals surface area contributed by atoms with Crippen molar-refractivity contribution in [3.05, 3.63) is 17.5 Å². The minimum atomic E-state index is 0.130. The van der Waals surface area contributed by atoms with Gasteiger partial charge in [0.05, 0.1) is 0 Å². The number of nitrogens with zero attached hydrogens (tertiary/aromatic N) is 3. The molecule has 3 aliphatic rings. The molecular formula is C16H24N4O. The van der Waals surface area contributed by atoms with Crippen LogP contribution in [-0.4, -0.2) is 46.8 Å². The number of aryl methyl sites for hydroxylation is 1. The largest absolute Gasteiger partial charge is 0.337 e. The fourth-order valence-electron chi connectivity index (χ4n) is 3.93. The average molecular weight is 288 g/mol. The topological polar surface area (TPSA) is 50.2 Å². The third-order valence-electron chi connectivity index (χ3n) is 5.44. The van der Waals surface area contributed by atoms with Gasteiger partial charge in [-0.1, -0.05) is 0 Å². The molecule has 1 aliphatic carbocycles. The van der Waals surface area contributed by atoms with E-state index in [-0.39, 0.29) is 5.91 Å². The van der Waals surface area contributed by atoms with Gasteiger partial charge in [-0.05, 0) is 56.7 Å². The van der Waals surface area contributed by atoms with Crippen molar-refractivity contribution in [3.63, 3.8) is 0 Å². The molecule has 1 amide bonds. The molecule has 1 N–H and O–H groups in total. The number of rotatable bonds is 2. The summed E-state index contributed by atoms with van der Waals surface area (Å²) in [5.41, 5.74) is 1.87. The van der Waals surface area contributed by atoms with Crippen LogP contribution in [0.4, 0.5) is 0 Å². The first-order valence-electron chi connectivity index (χ1n) is 8.26. The lowest BCUT2D eigenvalue weighted by molar-refractivity contribution is 0.0752. The van der Waals surface area contributed by atoms with Crippen molar-refractivity contribution in [2.75, 3.05) is 26.2 Å². The molecule has 21 heavy (non-hydrogen) atoms. The van der Waals surface area contributed by atoms with Crippen LogP contribution in [0.5, 0.6) is 0 Å². The number of fused-ring (bicyclic) bond motifs is 1. The molecule has 2 atom stereocenters. The number of amides is 1. The van der Waals surface area contributed by atoms with Crippen LogP contribution < -0.4 is 5.32 Å². The summed E-state index contributed by atoms with van der Waals surface area (Å²) in [5.74, 6) is 2.28. The molecule has 114 valence electrons. The van der Waals surface area contributed by atoms with Crippen LogP contribution in [0.2, 0.25) is 0 Å². The number of nitrogens with one attached hydrogen (secondary N) is 1. The summed E-state index contributed by atoms with van der Waals surface area (Å²) in [6, 6.07) is 2.02. The van der Waals surface area contributed by atoms with Gasteiger partial charge < -0.3 is 10.2 Å². The van der Waals surface area contributed by atoms with E-state index in [1.54, 1.807) is 0 Å². The Morgan fingerprint density at radius 2 is 1.86 bits per heavy atom. The maximum Gasteiger partial charge on any atom is 0.274 e. The second-order valence-electron chi connectivity index (χ2n) is 6.90. The highest BCUT2D eigenvalue weighted by atomic mass is 16.2. The number of aromatic nitrogens is 2. The lowest BCUT2D eigenvalue weighted by atomic mass is 9.92. The van der Waals surface area contributed by atoms with E-state index in [4.69, 9.17) is 0 Å². The van der Waals surface area contributed by atoms with Gasteiger partial charge >= 0.3 is 0 Å². The molecule has 0 radical (unpaired) electrons. The van der Waals surface area contributed by atoms with Gasteiger partial charge in [-0.15, -0.1) is 0 Å². The van der Waals surface area contributed by atoms with E-state index in [0.29, 0.717) is 11.6 Å². The van der Waals surface area contributed by atoms with Crippen molar-refractivity contribution in [3.8, 4) is 0 Å². The molecule has 3 fully saturated rings. The molecule has 1 saturated carbocycles. The molecule has 1 aromatic heterocycles. The smallest absolute Gasteiger partial charge is 0.274 e. The van der Waals surface area contributed by atoms with Gasteiger partial charge in [0.15, 0.2) is 5.69 Å². The number of hydrogen-bond donors (Lipinski definition) is 1. The number of carbonyl (C=O) groups excluding carboxylic acids is 1. The molecule has 5 heteroatoms. The highest BCUT2D eigenvalue weighted by Crippen LogP contribution is 2.40. The van der Waals surface area contributed by atoms with Crippen LogP contribution in [0.15, 0.2) is 6.07 Å². The minimum absolute atomic E-state index is 0.130. The van der Waals surface area contributed by atoms with Gasteiger partial charge in [0.25, 0.3) is 5.91 Å². The highest BCUT2D eigenvalue weighted by Gasteiger charge is 2.33. The van der Waals surface area contributed by atoms with Crippen LogP contribution in [0.3, 0.4) is 0 Å². The molecule has 2 saturated heterocycles. The minimum Gasteiger partial charge on any atom is -0.337 e. The molecule has 0 spiro atoms. The molecule has 3 heterocycles. The zero-order valence-corrected chi connectivity index (χ0v) is 12.7. The Bertz CT molecular complexity index is 534. The lowest BCUT2D eigenvalue weighted by Crippen LogP contribution is -2.33. The zero-order chi connectivity index (χ0) is 14.4. The second kappa shape index (κ2) is 5.13. The van der Waals surface area contributed by atoms with E-state index in [9.17, 15) is 4.79 Å². The normalized spacial score (nSPS) is 29.3. The van der Waals surface area contributed by atoms with Gasteiger partial charge in [-0.25, -0.2) is 0 Å². The van der Waals surface area contributed by atoms with E-state index >= 15 is 0 Å². The van der Waals surface area contributed by atoms with E-state index in [1.807, 2.05) is 22.7 Å². The molecule has 2 aliphatic heterocycles. The third kappa shape index (κ3) is 2.48. The predicted molar refractivity (Wildman–Crippen MR) is 80.2 cm³/mol. The van der Waals surface area contributed by atoms with Crippen molar-refractivity contribution in [2.24, 2.45) is 18.9 Å². The SMILES string of the molecule is Cn1nc(C(=O)N2CC[C@@H]3CNC[C@@H]3CC2)cc1C1CC1. The summed E-state index contributed by atoms with van der Waals surface area (Å²) in [6.45, 7) is 4.03. The summed E-state index contributed by atoms with van der Waals surface area (Å²) in [5, 5.41) is 7.94. The Labute approximate surface area is 125 Å². The van der Waals surface area contributed by atoms with Crippen molar-refractivity contribution < 1.29 is 4.79 Å². The van der Waals surface area contributed by atoms with Crippen molar-refractivity contribution >= 4 is 5.91 Å². The van der Waals surface area contributed by atoms with Crippen molar-refractivity contribution in [2.45, 2.75) is 31.6 Å². The summed E-state index contributed by atoms with van der Waals surface area (Å²) >= 11 is 0. The molecule has 0 bridgehead atoms. The summed E-state index contributed by atoms with van der Waals surface area (Å²) in [4.78, 5) is 14.7. The van der Waals surface area contributed by atoms with Gasteiger partial charge in [0.2, 0.25) is 0 Å². The van der Waals surface area contributed by atoms with Crippen LogP contribution >= 0.6 is 0 Å². The standard InChI is InChI=1S/C16H24N4O/c1-19-15(11-2-3-11)8-14(18-19)16(21)20-6-4-12-9-17-10-13(12)5-7-20/h8,11-13,17H,2-7,9-10H2,1H3/t12-,13+. The highest BCUT2D eigenvalue weighted by molar-refractivity contribution is 5.92. The van der Waals surface area contributed by atoms with Crippen LogP contribution in [0, 0.1) is 11.8 Å². The molecule has 5 nitrogen and oxygen atoms in total. The molecule has 4 rings (SSSR count). The Kier molecular flexibility index (Phi) is 3.25. The first-order valence-corrected chi connectivity index (χ1v) is 8.26. The molecule has 0 aromatic carbocycles. The van der Waals surface area contributed by atoms with Gasteiger partial charge in [0.1, 0.15) is 0 Å². The van der Waals surface area contributed by atoms with Crippen LogP contribution in [-0.2, 0) is 7.05 Å². The predicted octanol–water partition coefficient (Wildman–Crippen LogP) is 1.37. The first-order chi connectivity index (χ1) is 10.2. The number of hydrogen-bond acceptors (Lipinski definition) is 3. The van der Waals surface area contributed by atoms with E-state index < -0.39 is 0 Å². The summed E-state index contributed by atoms with van der Waals surface area (Å²) < 4.78 is 1.90. The quantitative estimate of drug-likeness (QED) is 0.894. The molecule has 1 aromatic rings. The third-order valence-corrected chi connectivity index (χ3v) is 5.44. The number of carbonyl (C=O) groups is 1. The van der Waals surface area contributed by atoms with E-state index in [1.165, 1.54) is 18.5 Å². The molecule has 0 unspecified atom stereocenters. The van der Waals surface area contributed by atoms with Gasteiger partial charge in [-0.3, -0.25) is 9.48 Å². The Morgan fingerprint density at radius 3 is 2.48 bits per heavy atom. The van der Waals surface area contributed by atoms with Crippen molar-refractivity contribution in [1.29, 1.82) is 0 Å². The fourth-order valence-corrected chi connectivity index (χ4v) is 3.93. The van der Waals surface area contributed by atoms with E-state index in [0.717, 1.165) is 50.9 Å². The Balaban J connectivity index is 1.48. The lowest BCUT2D eigenvalue weighted by Gasteiger charge is -2.19.